The van der Waals surface area contributed by atoms with Gasteiger partial charge >= 0.3 is 0 Å². The van der Waals surface area contributed by atoms with Crippen LogP contribution in [0.1, 0.15) is 78.6 Å². The largest absolute Gasteiger partial charge is 0.338 e. The number of nitrogens with zero attached hydrogens (tertiary/aromatic N) is 4. The summed E-state index contributed by atoms with van der Waals surface area (Å²) in [6.07, 6.45) is 73.4. The Balaban J connectivity index is 0.956. The lowest BCUT2D eigenvalue weighted by molar-refractivity contribution is 0.303. The molecule has 8 atom stereocenters. The van der Waals surface area contributed by atoms with Gasteiger partial charge in [0.15, 0.2) is 0 Å². The lowest BCUT2D eigenvalue weighted by Crippen LogP contribution is -2.39. The topological polar surface area (TPSA) is 13.0 Å². The van der Waals surface area contributed by atoms with Gasteiger partial charge in [-0.05, 0) is 168 Å². The molecule has 11 aliphatic carbocycles. The number of para-hydroxylation sites is 1. The van der Waals surface area contributed by atoms with Crippen molar-refractivity contribution in [3.05, 3.63) is 269 Å². The van der Waals surface area contributed by atoms with Crippen LogP contribution in [0.3, 0.4) is 0 Å². The van der Waals surface area contributed by atoms with Crippen molar-refractivity contribution in [1.82, 2.24) is 14.7 Å². The van der Waals surface area contributed by atoms with Crippen molar-refractivity contribution >= 4 is 5.69 Å². The number of hydrogen-bond donors (Lipinski definition) is 0. The Bertz CT molecular complexity index is 2960. The molecule has 0 spiro atoms. The van der Waals surface area contributed by atoms with Crippen LogP contribution < -0.4 is 4.90 Å². The summed E-state index contributed by atoms with van der Waals surface area (Å²) in [6.45, 7) is 11.3. The van der Waals surface area contributed by atoms with Crippen molar-refractivity contribution in [1.29, 1.82) is 0 Å². The number of fused-ring (bicyclic) bond motifs is 3. The predicted molar refractivity (Wildman–Crippen MR) is 291 cm³/mol. The molecule has 0 N–H and O–H groups in total. The van der Waals surface area contributed by atoms with Gasteiger partial charge in [0.1, 0.15) is 0 Å². The van der Waals surface area contributed by atoms with Crippen molar-refractivity contribution in [2.24, 2.45) is 41.4 Å². The third-order valence-corrected chi connectivity index (χ3v) is 16.4. The van der Waals surface area contributed by atoms with Crippen molar-refractivity contribution in [2.75, 3.05) is 4.90 Å². The SMILES string of the molecule is C=C/C(=C\C1CC1CC)N(C1=CC=C(N(C2=CC=C(N(C3=CC=CCC(C)=C3)C3=CCC=CC=C3)C=CC2)C23C=CC(N(C4=CC=CCC=C4)C4=CC(C)=CC5CC45)=CC2C3)C2CC12)c1ccccc1. The van der Waals surface area contributed by atoms with Crippen LogP contribution in [0.4, 0.5) is 5.69 Å². The second-order valence-corrected chi connectivity index (χ2v) is 21.3. The summed E-state index contributed by atoms with van der Waals surface area (Å²) in [5.41, 5.74) is 16.8. The van der Waals surface area contributed by atoms with Crippen LogP contribution in [-0.2, 0) is 0 Å². The molecule has 8 unspecified atom stereocenters. The Morgan fingerprint density at radius 1 is 0.671 bits per heavy atom. The van der Waals surface area contributed by atoms with E-state index in [-0.39, 0.29) is 5.54 Å². The number of allylic oxidation sites excluding steroid dienone is 30. The van der Waals surface area contributed by atoms with Crippen molar-refractivity contribution in [2.45, 2.75) is 84.1 Å². The number of hydrogen-bond acceptors (Lipinski definition) is 4. The van der Waals surface area contributed by atoms with E-state index in [4.69, 9.17) is 0 Å². The highest BCUT2D eigenvalue weighted by molar-refractivity contribution is 5.64. The Kier molecular flexibility index (Phi) is 11.8. The van der Waals surface area contributed by atoms with Gasteiger partial charge in [-0.25, -0.2) is 0 Å². The molecule has 0 heterocycles. The van der Waals surface area contributed by atoms with Gasteiger partial charge in [0.2, 0.25) is 0 Å². The highest BCUT2D eigenvalue weighted by atomic mass is 15.3. The minimum Gasteiger partial charge on any atom is -0.338 e. The second kappa shape index (κ2) is 18.5. The normalized spacial score (nSPS) is 30.7. The lowest BCUT2D eigenvalue weighted by Gasteiger charge is -2.40. The highest BCUT2D eigenvalue weighted by Gasteiger charge is 2.61. The molecule has 1 aromatic carbocycles. The fourth-order valence-corrected chi connectivity index (χ4v) is 12.4. The van der Waals surface area contributed by atoms with E-state index in [1.165, 1.54) is 93.1 Å². The maximum Gasteiger partial charge on any atom is 0.0702 e. The standard InChI is InChI=1S/C66H68N4/c1-5-48-40-49(48)41-52(6-2)68(54-26-16-11-17-27-54)63-33-34-64(62-44-61(62)63)70(57-30-20-29-56(31-32-57)67(53-22-12-7-8-13-23-53)58-28-19-18-21-46(3)38-58)66-36-35-59(43-51(66)45-66)69(55-24-14-9-10-15-25-55)65-39-47(4)37-50-42-60(50)65/h6-9,11-12,14-20,22-29,31-39,41,43,48-51,60-62H,2,5,10,13,21,30,40,42,44-45H2,1,3-4H3/b52-41+. The first-order valence-corrected chi connectivity index (χ1v) is 26.4. The van der Waals surface area contributed by atoms with E-state index in [0.29, 0.717) is 35.5 Å². The minimum absolute atomic E-state index is 0.150. The quantitative estimate of drug-likeness (QED) is 0.163. The monoisotopic (exact) mass is 917 g/mol. The number of rotatable bonds is 15. The summed E-state index contributed by atoms with van der Waals surface area (Å²) >= 11 is 0. The summed E-state index contributed by atoms with van der Waals surface area (Å²) in [5, 5.41) is 0. The van der Waals surface area contributed by atoms with E-state index in [0.717, 1.165) is 44.4 Å². The van der Waals surface area contributed by atoms with E-state index >= 15 is 0 Å². The Hall–Kier alpha value is -6.78. The zero-order valence-corrected chi connectivity index (χ0v) is 41.4. The van der Waals surface area contributed by atoms with E-state index in [1.54, 1.807) is 0 Å². The molecule has 4 heteroatoms. The van der Waals surface area contributed by atoms with Gasteiger partial charge in [0.25, 0.3) is 0 Å². The van der Waals surface area contributed by atoms with Gasteiger partial charge in [0.05, 0.1) is 5.54 Å². The van der Waals surface area contributed by atoms with E-state index in [1.807, 2.05) is 0 Å². The Morgan fingerprint density at radius 2 is 1.49 bits per heavy atom. The molecule has 4 saturated carbocycles. The van der Waals surface area contributed by atoms with Crippen LogP contribution in [0.5, 0.6) is 0 Å². The van der Waals surface area contributed by atoms with Gasteiger partial charge in [-0.15, -0.1) is 0 Å². The molecule has 0 aromatic heterocycles. The van der Waals surface area contributed by atoms with Gasteiger partial charge < -0.3 is 19.6 Å². The van der Waals surface area contributed by atoms with Gasteiger partial charge in [-0.2, -0.15) is 0 Å². The predicted octanol–water partition coefficient (Wildman–Crippen LogP) is 15.9. The highest BCUT2D eigenvalue weighted by Crippen LogP contribution is 2.63. The molecule has 4 nitrogen and oxygen atoms in total. The first kappa shape index (κ1) is 44.4. The van der Waals surface area contributed by atoms with Crippen LogP contribution in [-0.4, -0.2) is 20.2 Å². The summed E-state index contributed by atoms with van der Waals surface area (Å²) in [6, 6.07) is 11.0. The first-order valence-electron chi connectivity index (χ1n) is 26.4. The third-order valence-electron chi connectivity index (χ3n) is 16.4. The van der Waals surface area contributed by atoms with Gasteiger partial charge in [-0.3, -0.25) is 0 Å². The molecule has 0 aliphatic heterocycles. The molecule has 0 saturated heterocycles. The Labute approximate surface area is 418 Å². The second-order valence-electron chi connectivity index (χ2n) is 21.3. The van der Waals surface area contributed by atoms with Crippen molar-refractivity contribution in [3.8, 4) is 0 Å². The average Bonchev–Trinajstić information content (AvgIpc) is 4.16. The van der Waals surface area contributed by atoms with Crippen LogP contribution in [0, 0.1) is 41.4 Å². The van der Waals surface area contributed by atoms with Crippen LogP contribution >= 0.6 is 0 Å². The molecule has 0 radical (unpaired) electrons. The molecule has 12 rings (SSSR count). The molecular weight excluding hydrogens is 849 g/mol. The fourth-order valence-electron chi connectivity index (χ4n) is 12.4. The molecule has 4 fully saturated rings. The summed E-state index contributed by atoms with van der Waals surface area (Å²) in [5.74, 6) is 3.87. The molecule has 352 valence electrons. The summed E-state index contributed by atoms with van der Waals surface area (Å²) < 4.78 is 0. The molecule has 1 aromatic rings. The van der Waals surface area contributed by atoms with Gasteiger partial charge in [-0.1, -0.05) is 134 Å². The van der Waals surface area contributed by atoms with E-state index in [2.05, 4.69) is 241 Å². The first-order chi connectivity index (χ1) is 34.4. The summed E-state index contributed by atoms with van der Waals surface area (Å²) in [4.78, 5) is 10.4. The van der Waals surface area contributed by atoms with E-state index in [9.17, 15) is 0 Å². The molecule has 0 bridgehead atoms. The number of anilines is 1. The van der Waals surface area contributed by atoms with E-state index < -0.39 is 0 Å². The van der Waals surface area contributed by atoms with Crippen LogP contribution in [0.15, 0.2) is 269 Å². The van der Waals surface area contributed by atoms with Gasteiger partial charge in [0, 0.05) is 92.8 Å². The van der Waals surface area contributed by atoms with Crippen molar-refractivity contribution < 1.29 is 0 Å². The fraction of sp³-hybridized carbons (Fsp3) is 0.303. The molecular formula is C66H68N4. The maximum atomic E-state index is 4.41. The minimum atomic E-state index is -0.150. The summed E-state index contributed by atoms with van der Waals surface area (Å²) in [7, 11) is 0. The lowest BCUT2D eigenvalue weighted by atomic mass is 9.96. The van der Waals surface area contributed by atoms with Crippen LogP contribution in [0.2, 0.25) is 0 Å². The third kappa shape index (κ3) is 8.54. The molecule has 70 heavy (non-hydrogen) atoms. The van der Waals surface area contributed by atoms with Crippen molar-refractivity contribution in [3.63, 3.8) is 0 Å². The molecule has 11 aliphatic rings. The Morgan fingerprint density at radius 3 is 2.34 bits per heavy atom. The number of benzene rings is 1. The van der Waals surface area contributed by atoms with Crippen LogP contribution in [0.25, 0.3) is 0 Å². The zero-order valence-electron chi connectivity index (χ0n) is 41.4. The average molecular weight is 917 g/mol. The zero-order chi connectivity index (χ0) is 47.3. The molecule has 0 amide bonds. The maximum absolute atomic E-state index is 4.41. The smallest absolute Gasteiger partial charge is 0.0702 e.